The second-order valence-electron chi connectivity index (χ2n) is 6.50. The number of carbonyl (C=O) groups is 1. The number of ether oxygens (including phenoxy) is 1. The molecular formula is C22H15BrFN3O3. The molecule has 0 N–H and O–H groups in total. The summed E-state index contributed by atoms with van der Waals surface area (Å²) in [5.41, 5.74) is 0.903. The zero-order valence-electron chi connectivity index (χ0n) is 15.8. The zero-order chi connectivity index (χ0) is 21.3. The average molecular weight is 468 g/mol. The fourth-order valence-corrected chi connectivity index (χ4v) is 3.56. The summed E-state index contributed by atoms with van der Waals surface area (Å²) < 4.78 is 21.4. The van der Waals surface area contributed by atoms with E-state index in [-0.39, 0.29) is 22.4 Å². The number of fused-ring (bicyclic) bond motifs is 1. The highest BCUT2D eigenvalue weighted by Gasteiger charge is 2.19. The molecule has 4 aromatic rings. The third-order valence-corrected chi connectivity index (χ3v) is 5.05. The molecule has 0 atom stereocenters. The van der Waals surface area contributed by atoms with Crippen molar-refractivity contribution in [1.82, 2.24) is 14.5 Å². The number of methoxy groups -OCH3 is 1. The van der Waals surface area contributed by atoms with Crippen molar-refractivity contribution < 1.29 is 13.9 Å². The third-order valence-electron chi connectivity index (χ3n) is 4.60. The van der Waals surface area contributed by atoms with E-state index < -0.39 is 17.0 Å². The Morgan fingerprint density at radius 2 is 2.03 bits per heavy atom. The maximum Gasteiger partial charge on any atom is 0.218 e. The Labute approximate surface area is 179 Å². The van der Waals surface area contributed by atoms with Crippen LogP contribution in [0, 0.1) is 5.82 Å². The minimum Gasteiger partial charge on any atom is -0.494 e. The van der Waals surface area contributed by atoms with E-state index in [1.807, 2.05) is 18.2 Å². The number of benzene rings is 1. The van der Waals surface area contributed by atoms with Crippen molar-refractivity contribution in [2.75, 3.05) is 7.11 Å². The van der Waals surface area contributed by atoms with Gasteiger partial charge >= 0.3 is 0 Å². The predicted molar refractivity (Wildman–Crippen MR) is 113 cm³/mol. The van der Waals surface area contributed by atoms with Crippen molar-refractivity contribution in [3.05, 3.63) is 98.4 Å². The number of pyridine rings is 3. The molecule has 0 unspecified atom stereocenters. The van der Waals surface area contributed by atoms with Crippen molar-refractivity contribution in [3.63, 3.8) is 0 Å². The van der Waals surface area contributed by atoms with Crippen LogP contribution < -0.4 is 10.2 Å². The molecule has 0 spiro atoms. The van der Waals surface area contributed by atoms with Gasteiger partial charge in [0.1, 0.15) is 10.1 Å². The summed E-state index contributed by atoms with van der Waals surface area (Å²) in [6, 6.07) is 12.8. The first-order chi connectivity index (χ1) is 14.5. The molecule has 150 valence electrons. The summed E-state index contributed by atoms with van der Waals surface area (Å²) in [6.07, 6.45) is 2.96. The lowest BCUT2D eigenvalue weighted by molar-refractivity contribution is 0.103. The maximum absolute atomic E-state index is 14.1. The topological polar surface area (TPSA) is 74.1 Å². The van der Waals surface area contributed by atoms with E-state index in [4.69, 9.17) is 4.74 Å². The maximum atomic E-state index is 14.1. The molecule has 0 aliphatic rings. The van der Waals surface area contributed by atoms with E-state index in [1.165, 1.54) is 31.6 Å². The van der Waals surface area contributed by atoms with Crippen LogP contribution in [0.15, 0.2) is 70.3 Å². The molecule has 30 heavy (non-hydrogen) atoms. The monoisotopic (exact) mass is 467 g/mol. The van der Waals surface area contributed by atoms with Crippen LogP contribution in [0.2, 0.25) is 0 Å². The van der Waals surface area contributed by atoms with Crippen molar-refractivity contribution >= 4 is 32.7 Å². The van der Waals surface area contributed by atoms with E-state index in [2.05, 4.69) is 25.9 Å². The van der Waals surface area contributed by atoms with Gasteiger partial charge in [0.25, 0.3) is 0 Å². The van der Waals surface area contributed by atoms with Gasteiger partial charge in [0.05, 0.1) is 30.4 Å². The fourth-order valence-electron chi connectivity index (χ4n) is 3.18. The van der Waals surface area contributed by atoms with E-state index in [9.17, 15) is 14.0 Å². The van der Waals surface area contributed by atoms with Crippen LogP contribution in [0.4, 0.5) is 4.39 Å². The molecule has 0 aliphatic heterocycles. The van der Waals surface area contributed by atoms with Crippen molar-refractivity contribution in [2.24, 2.45) is 0 Å². The average Bonchev–Trinajstić information content (AvgIpc) is 2.75. The first-order valence-electron chi connectivity index (χ1n) is 8.96. The molecule has 0 radical (unpaired) electrons. The molecule has 0 amide bonds. The summed E-state index contributed by atoms with van der Waals surface area (Å²) in [4.78, 5) is 34.6. The molecule has 0 bridgehead atoms. The zero-order valence-corrected chi connectivity index (χ0v) is 17.4. The number of halogens is 2. The van der Waals surface area contributed by atoms with Crippen molar-refractivity contribution in [1.29, 1.82) is 0 Å². The fraction of sp³-hybridized carbons (Fsp3) is 0.0909. The molecule has 0 saturated heterocycles. The Kier molecular flexibility index (Phi) is 5.41. The van der Waals surface area contributed by atoms with Crippen LogP contribution in [-0.4, -0.2) is 27.4 Å². The van der Waals surface area contributed by atoms with Crippen LogP contribution in [0.3, 0.4) is 0 Å². The number of rotatable bonds is 5. The first-order valence-corrected chi connectivity index (χ1v) is 9.75. The van der Waals surface area contributed by atoms with Crippen LogP contribution in [-0.2, 0) is 6.54 Å². The summed E-state index contributed by atoms with van der Waals surface area (Å²) in [5, 5.41) is 0. The van der Waals surface area contributed by atoms with Gasteiger partial charge < -0.3 is 9.30 Å². The molecule has 1 aromatic carbocycles. The Bertz CT molecular complexity index is 1340. The minimum atomic E-state index is -0.680. The van der Waals surface area contributed by atoms with Crippen LogP contribution in [0.25, 0.3) is 11.0 Å². The Morgan fingerprint density at radius 1 is 1.20 bits per heavy atom. The molecule has 3 heterocycles. The lowest BCUT2D eigenvalue weighted by Gasteiger charge is -2.13. The summed E-state index contributed by atoms with van der Waals surface area (Å²) in [6.45, 7) is 0.319. The van der Waals surface area contributed by atoms with Gasteiger partial charge in [-0.25, -0.2) is 9.37 Å². The third kappa shape index (κ3) is 3.73. The van der Waals surface area contributed by atoms with Gasteiger partial charge in [-0.3, -0.25) is 14.6 Å². The van der Waals surface area contributed by atoms with Crippen LogP contribution >= 0.6 is 15.9 Å². The number of nitrogens with zero attached hydrogens (tertiary/aromatic N) is 3. The van der Waals surface area contributed by atoms with Gasteiger partial charge in [0.15, 0.2) is 17.3 Å². The van der Waals surface area contributed by atoms with Crippen LogP contribution in [0.5, 0.6) is 5.75 Å². The van der Waals surface area contributed by atoms with E-state index in [0.717, 1.165) is 11.8 Å². The first kappa shape index (κ1) is 19.9. The quantitative estimate of drug-likeness (QED) is 0.327. The second-order valence-corrected chi connectivity index (χ2v) is 7.31. The number of hydrogen-bond acceptors (Lipinski definition) is 5. The van der Waals surface area contributed by atoms with Gasteiger partial charge in [0, 0.05) is 18.0 Å². The lowest BCUT2D eigenvalue weighted by Crippen LogP contribution is -2.21. The number of hydrogen-bond donors (Lipinski definition) is 0. The normalized spacial score (nSPS) is 10.9. The molecule has 8 heteroatoms. The molecule has 0 fully saturated rings. The van der Waals surface area contributed by atoms with E-state index in [0.29, 0.717) is 16.7 Å². The largest absolute Gasteiger partial charge is 0.494 e. The standard InChI is InChI=1S/C22H15BrFN3O3/c1-30-18-8-7-13(10-16(18)24)21(28)15-12-27(11-14-4-2-6-19(23)26-14)17-5-3-9-25-20(17)22(15)29/h2-10,12H,11H2,1H3. The summed E-state index contributed by atoms with van der Waals surface area (Å²) in [7, 11) is 1.34. The Hall–Kier alpha value is -3.39. The number of ketones is 1. The van der Waals surface area contributed by atoms with Crippen molar-refractivity contribution in [3.8, 4) is 5.75 Å². The highest BCUT2D eigenvalue weighted by atomic mass is 79.9. The second kappa shape index (κ2) is 8.16. The summed E-state index contributed by atoms with van der Waals surface area (Å²) >= 11 is 3.34. The lowest BCUT2D eigenvalue weighted by atomic mass is 10.0. The van der Waals surface area contributed by atoms with Gasteiger partial charge in [-0.1, -0.05) is 6.07 Å². The molecule has 4 rings (SSSR count). The van der Waals surface area contributed by atoms with Gasteiger partial charge in [-0.05, 0) is 58.4 Å². The summed E-state index contributed by atoms with van der Waals surface area (Å²) in [5.74, 6) is -1.25. The molecule has 0 aliphatic carbocycles. The Morgan fingerprint density at radius 3 is 2.77 bits per heavy atom. The molecule has 6 nitrogen and oxygen atoms in total. The van der Waals surface area contributed by atoms with Gasteiger partial charge in [-0.15, -0.1) is 0 Å². The highest BCUT2D eigenvalue weighted by Crippen LogP contribution is 2.20. The Balaban J connectivity index is 1.86. The van der Waals surface area contributed by atoms with Gasteiger partial charge in [0.2, 0.25) is 5.43 Å². The van der Waals surface area contributed by atoms with E-state index in [1.54, 1.807) is 16.7 Å². The SMILES string of the molecule is COc1ccc(C(=O)c2cn(Cc3cccc(Br)n3)c3cccnc3c2=O)cc1F. The minimum absolute atomic E-state index is 0.0184. The molecule has 0 saturated carbocycles. The predicted octanol–water partition coefficient (Wildman–Crippen LogP) is 3.98. The van der Waals surface area contributed by atoms with E-state index >= 15 is 0 Å². The van der Waals surface area contributed by atoms with Gasteiger partial charge in [-0.2, -0.15) is 0 Å². The number of aromatic nitrogens is 3. The number of carbonyl (C=O) groups excluding carboxylic acids is 1. The van der Waals surface area contributed by atoms with Crippen molar-refractivity contribution in [2.45, 2.75) is 6.54 Å². The molecular weight excluding hydrogens is 453 g/mol. The smallest absolute Gasteiger partial charge is 0.218 e. The highest BCUT2D eigenvalue weighted by molar-refractivity contribution is 9.10. The van der Waals surface area contributed by atoms with Crippen LogP contribution in [0.1, 0.15) is 21.6 Å². The molecule has 3 aromatic heterocycles.